The van der Waals surface area contributed by atoms with E-state index in [9.17, 15) is 0 Å². The number of fused-ring (bicyclic) bond motifs is 7. The summed E-state index contributed by atoms with van der Waals surface area (Å²) in [6.07, 6.45) is 12.4. The number of hydrogen-bond donors (Lipinski definition) is 4. The van der Waals surface area contributed by atoms with Crippen molar-refractivity contribution >= 4 is 11.9 Å². The van der Waals surface area contributed by atoms with Gasteiger partial charge in [-0.25, -0.2) is 0 Å². The number of aromatic nitrogens is 1. The van der Waals surface area contributed by atoms with Gasteiger partial charge in [0, 0.05) is 43.4 Å². The molecule has 1 aromatic rings. The van der Waals surface area contributed by atoms with E-state index >= 15 is 0 Å². The molecule has 0 spiro atoms. The van der Waals surface area contributed by atoms with Gasteiger partial charge in [0.25, 0.3) is 0 Å². The summed E-state index contributed by atoms with van der Waals surface area (Å²) in [7, 11) is 0. The van der Waals surface area contributed by atoms with E-state index in [-0.39, 0.29) is 17.2 Å². The van der Waals surface area contributed by atoms with Crippen LogP contribution in [0.25, 0.3) is 0 Å². The van der Waals surface area contributed by atoms with Crippen LogP contribution in [0, 0.1) is 17.8 Å². The zero-order chi connectivity index (χ0) is 26.3. The van der Waals surface area contributed by atoms with Crippen molar-refractivity contribution in [1.29, 1.82) is 0 Å². The van der Waals surface area contributed by atoms with Crippen LogP contribution in [0.3, 0.4) is 0 Å². The quantitative estimate of drug-likeness (QED) is 0.390. The van der Waals surface area contributed by atoms with Crippen LogP contribution < -0.4 is 20.7 Å². The van der Waals surface area contributed by atoms with Gasteiger partial charge in [0.2, 0.25) is 0 Å². The predicted molar refractivity (Wildman–Crippen MR) is 155 cm³/mol. The van der Waals surface area contributed by atoms with E-state index in [1.807, 2.05) is 24.2 Å². The molecule has 4 N–H and O–H groups in total. The molecule has 38 heavy (non-hydrogen) atoms. The molecule has 5 fully saturated rings. The molecule has 0 radical (unpaired) electrons. The molecule has 4 bridgehead atoms. The molecule has 1 aromatic heterocycles. The third kappa shape index (κ3) is 5.83. The summed E-state index contributed by atoms with van der Waals surface area (Å²) in [5.74, 6) is 1.99. The number of pyridine rings is 1. The summed E-state index contributed by atoms with van der Waals surface area (Å²) >= 11 is 1.92. The normalized spacial score (nSPS) is 43.2. The fourth-order valence-corrected chi connectivity index (χ4v) is 9.31. The highest BCUT2D eigenvalue weighted by molar-refractivity contribution is 7.98. The number of nitrogens with zero attached hydrogens (tertiary/aromatic N) is 2. The van der Waals surface area contributed by atoms with Crippen molar-refractivity contribution in [1.82, 2.24) is 30.6 Å². The minimum absolute atomic E-state index is 0.112. The van der Waals surface area contributed by atoms with E-state index in [2.05, 4.69) is 65.4 Å². The minimum atomic E-state index is -0.112. The van der Waals surface area contributed by atoms with E-state index in [1.54, 1.807) is 0 Å². The van der Waals surface area contributed by atoms with Gasteiger partial charge in [-0.2, -0.15) is 0 Å². The zero-order valence-corrected chi connectivity index (χ0v) is 24.7. The third-order valence-corrected chi connectivity index (χ3v) is 11.2. The van der Waals surface area contributed by atoms with Crippen molar-refractivity contribution < 1.29 is 4.74 Å². The highest BCUT2D eigenvalue weighted by atomic mass is 32.2. The largest absolute Gasteiger partial charge is 0.374 e. The fourth-order valence-electron chi connectivity index (χ4n) is 8.28. The van der Waals surface area contributed by atoms with Crippen molar-refractivity contribution in [3.8, 4) is 0 Å². The molecule has 0 aliphatic carbocycles. The second-order valence-corrected chi connectivity index (χ2v) is 14.9. The Hall–Kier alpha value is -0.740. The Morgan fingerprint density at radius 1 is 1.00 bits per heavy atom. The highest BCUT2D eigenvalue weighted by Gasteiger charge is 2.51. The van der Waals surface area contributed by atoms with E-state index in [0.717, 1.165) is 19.6 Å². The lowest BCUT2D eigenvalue weighted by Gasteiger charge is -2.55. The molecule has 9 atom stereocenters. The SMILES string of the molecule is CC1(C)OCCC2CC3CNSC4CCCC(N4)NC(c4ccccn4)CC[C@@H]4CN(C3NC21)C(C)(C)C4. The van der Waals surface area contributed by atoms with Crippen molar-refractivity contribution in [3.05, 3.63) is 30.1 Å². The third-order valence-electron chi connectivity index (χ3n) is 10.2. The van der Waals surface area contributed by atoms with E-state index < -0.39 is 0 Å². The molecule has 0 saturated carbocycles. The molecule has 5 saturated heterocycles. The van der Waals surface area contributed by atoms with E-state index in [1.165, 1.54) is 57.2 Å². The molecular formula is C30H50N6OS. The van der Waals surface area contributed by atoms with Crippen molar-refractivity contribution in [2.24, 2.45) is 17.8 Å². The number of ether oxygens (including phenoxy) is 1. The zero-order valence-electron chi connectivity index (χ0n) is 23.9. The number of nitrogens with one attached hydrogen (secondary N) is 4. The predicted octanol–water partition coefficient (Wildman–Crippen LogP) is 4.39. The first-order chi connectivity index (χ1) is 18.3. The molecule has 8 unspecified atom stereocenters. The Morgan fingerprint density at radius 3 is 2.74 bits per heavy atom. The van der Waals surface area contributed by atoms with Gasteiger partial charge in [0.1, 0.15) is 0 Å². The first kappa shape index (κ1) is 27.4. The highest BCUT2D eigenvalue weighted by Crippen LogP contribution is 2.44. The van der Waals surface area contributed by atoms with Gasteiger partial charge in [0.15, 0.2) is 0 Å². The molecule has 6 rings (SSSR count). The number of rotatable bonds is 1. The van der Waals surface area contributed by atoms with Crippen LogP contribution in [0.15, 0.2) is 24.4 Å². The summed E-state index contributed by atoms with van der Waals surface area (Å²) in [6.45, 7) is 12.7. The van der Waals surface area contributed by atoms with Crippen LogP contribution in [0.1, 0.15) is 90.8 Å². The molecule has 7 nitrogen and oxygen atoms in total. The maximum Gasteiger partial charge on any atom is 0.0781 e. The summed E-state index contributed by atoms with van der Waals surface area (Å²) in [6, 6.07) is 7.07. The first-order valence-corrected chi connectivity index (χ1v) is 16.1. The molecule has 212 valence electrons. The van der Waals surface area contributed by atoms with Crippen LogP contribution in [0.4, 0.5) is 0 Å². The standard InChI is InChI=1S/C30H50N6OS/c1-29(2)17-20-11-12-24(23-8-5-6-14-31-23)33-25-9-7-10-26(34-25)38-32-18-22-16-21-13-15-37-30(3,4)27(21)35-28(22)36(29)19-20/h5-6,8,14,20-22,24-28,32-35H,7,9-13,15-19H2,1-4H3/t20-,21?,22?,24?,25?,26?,27?,28?/m0/s1. The summed E-state index contributed by atoms with van der Waals surface area (Å²) in [5.41, 5.74) is 1.25. The average molecular weight is 543 g/mol. The van der Waals surface area contributed by atoms with Crippen LogP contribution in [0.2, 0.25) is 0 Å². The maximum absolute atomic E-state index is 6.30. The summed E-state index contributed by atoms with van der Waals surface area (Å²) < 4.78 is 10.2. The van der Waals surface area contributed by atoms with Crippen LogP contribution >= 0.6 is 11.9 Å². The number of piperidine rings is 2. The van der Waals surface area contributed by atoms with Crippen molar-refractivity contribution in [2.75, 3.05) is 19.7 Å². The Morgan fingerprint density at radius 2 is 1.89 bits per heavy atom. The molecular weight excluding hydrogens is 492 g/mol. The topological polar surface area (TPSA) is 73.5 Å². The van der Waals surface area contributed by atoms with Crippen molar-refractivity contribution in [3.63, 3.8) is 0 Å². The summed E-state index contributed by atoms with van der Waals surface area (Å²) in [4.78, 5) is 7.62. The monoisotopic (exact) mass is 542 g/mol. The van der Waals surface area contributed by atoms with Gasteiger partial charge in [-0.05, 0) is 103 Å². The smallest absolute Gasteiger partial charge is 0.0781 e. The maximum atomic E-state index is 6.30. The molecule has 0 aromatic carbocycles. The molecule has 5 aliphatic rings. The molecule has 5 aliphatic heterocycles. The Bertz CT molecular complexity index is 931. The second-order valence-electron chi connectivity index (χ2n) is 13.8. The average Bonchev–Trinajstić information content (AvgIpc) is 3.20. The Kier molecular flexibility index (Phi) is 8.13. The summed E-state index contributed by atoms with van der Waals surface area (Å²) in [5, 5.41) is 12.6. The molecule has 6 heterocycles. The second kappa shape index (κ2) is 11.3. The van der Waals surface area contributed by atoms with Gasteiger partial charge in [-0.15, -0.1) is 0 Å². The lowest BCUT2D eigenvalue weighted by Crippen LogP contribution is -2.69. The van der Waals surface area contributed by atoms with Crippen LogP contribution in [-0.2, 0) is 4.74 Å². The van der Waals surface area contributed by atoms with Gasteiger partial charge in [-0.3, -0.25) is 30.6 Å². The van der Waals surface area contributed by atoms with E-state index in [0.29, 0.717) is 41.5 Å². The lowest BCUT2D eigenvalue weighted by molar-refractivity contribution is -0.133. The van der Waals surface area contributed by atoms with Crippen molar-refractivity contribution in [2.45, 2.75) is 120 Å². The van der Waals surface area contributed by atoms with Gasteiger partial charge in [-0.1, -0.05) is 18.0 Å². The number of hydrogen-bond acceptors (Lipinski definition) is 8. The van der Waals surface area contributed by atoms with Crippen LogP contribution in [0.5, 0.6) is 0 Å². The minimum Gasteiger partial charge on any atom is -0.374 e. The Labute approximate surface area is 234 Å². The van der Waals surface area contributed by atoms with Gasteiger partial charge >= 0.3 is 0 Å². The first-order valence-electron chi connectivity index (χ1n) is 15.3. The molecule has 0 amide bonds. The van der Waals surface area contributed by atoms with E-state index in [4.69, 9.17) is 9.72 Å². The fraction of sp³-hybridized carbons (Fsp3) is 0.833. The van der Waals surface area contributed by atoms with Crippen LogP contribution in [-0.4, -0.2) is 64.5 Å². The van der Waals surface area contributed by atoms with Gasteiger partial charge < -0.3 is 4.74 Å². The lowest BCUT2D eigenvalue weighted by atomic mass is 9.73. The Balaban J connectivity index is 1.26. The molecule has 8 heteroatoms. The van der Waals surface area contributed by atoms with Gasteiger partial charge in [0.05, 0.1) is 35.0 Å².